The van der Waals surface area contributed by atoms with Crippen molar-refractivity contribution in [2.45, 2.75) is 23.8 Å². The molecule has 35 heavy (non-hydrogen) atoms. The number of benzene rings is 1. The first kappa shape index (κ1) is 24.9. The molecule has 14 heteroatoms. The van der Waals surface area contributed by atoms with Crippen molar-refractivity contribution < 1.29 is 27.5 Å². The van der Waals surface area contributed by atoms with Gasteiger partial charge in [-0.2, -0.15) is 4.98 Å². The lowest BCUT2D eigenvalue weighted by atomic mass is 10.1. The summed E-state index contributed by atoms with van der Waals surface area (Å²) in [6.45, 7) is 1.26. The highest BCUT2D eigenvalue weighted by Gasteiger charge is 2.22. The Morgan fingerprint density at radius 2 is 2.11 bits per heavy atom. The number of nitrogens with two attached hydrogens (primary N) is 1. The molecule has 3 heterocycles. The molecular weight excluding hydrogens is 496 g/mol. The molecule has 1 aliphatic heterocycles. The summed E-state index contributed by atoms with van der Waals surface area (Å²) >= 11 is 1.11. The second-order valence-corrected chi connectivity index (χ2v) is 10.7. The van der Waals surface area contributed by atoms with E-state index in [2.05, 4.69) is 25.4 Å². The Morgan fingerprint density at radius 3 is 2.83 bits per heavy atom. The smallest absolute Gasteiger partial charge is 0.280 e. The number of hydrogen-bond donors (Lipinski definition) is 2. The largest absolute Gasteiger partial charge is 0.389 e. The number of nitrogens with zero attached hydrogens (tertiary/aromatic N) is 4. The fourth-order valence-corrected chi connectivity index (χ4v) is 5.31. The van der Waals surface area contributed by atoms with E-state index in [1.165, 1.54) is 37.6 Å². The molecule has 1 aromatic carbocycles. The van der Waals surface area contributed by atoms with Gasteiger partial charge in [0.15, 0.2) is 37.3 Å². The van der Waals surface area contributed by atoms with Crippen molar-refractivity contribution in [1.82, 2.24) is 15.0 Å². The monoisotopic (exact) mass is 520 g/mol. The van der Waals surface area contributed by atoms with Gasteiger partial charge >= 0.3 is 0 Å². The third-order valence-electron chi connectivity index (χ3n) is 5.01. The molecule has 186 valence electrons. The SMILES string of the molecule is COCCCS(=O)(=O)c1ccc(/C(=N\O[C@@H]2CCOC2)C(=O)Nc2nc3ncc(N)nc3s2)cc1. The summed E-state index contributed by atoms with van der Waals surface area (Å²) in [6, 6.07) is 5.90. The van der Waals surface area contributed by atoms with Crippen LogP contribution in [0, 0.1) is 0 Å². The number of hydrogen-bond acceptors (Lipinski definition) is 12. The number of rotatable bonds is 10. The number of aromatic nitrogens is 3. The molecule has 0 aliphatic carbocycles. The number of ether oxygens (including phenoxy) is 2. The van der Waals surface area contributed by atoms with Crippen molar-refractivity contribution in [2.24, 2.45) is 5.16 Å². The van der Waals surface area contributed by atoms with Gasteiger partial charge in [-0.25, -0.2) is 18.4 Å². The van der Waals surface area contributed by atoms with Crippen molar-refractivity contribution in [2.75, 3.05) is 43.7 Å². The lowest BCUT2D eigenvalue weighted by Gasteiger charge is -2.10. The second kappa shape index (κ2) is 11.0. The third kappa shape index (κ3) is 6.28. The van der Waals surface area contributed by atoms with Crippen molar-refractivity contribution in [3.63, 3.8) is 0 Å². The molecule has 1 atom stereocenters. The normalized spacial score (nSPS) is 16.5. The minimum absolute atomic E-state index is 0.0417. The average Bonchev–Trinajstić information content (AvgIpc) is 3.49. The molecular formula is C21H24N6O6S2. The first-order valence-electron chi connectivity index (χ1n) is 10.7. The quantitative estimate of drug-likeness (QED) is 0.228. The lowest BCUT2D eigenvalue weighted by molar-refractivity contribution is -0.110. The Hall–Kier alpha value is -3.20. The third-order valence-corrected chi connectivity index (χ3v) is 7.68. The zero-order valence-corrected chi connectivity index (χ0v) is 20.5. The molecule has 1 amide bonds. The molecule has 0 radical (unpaired) electrons. The van der Waals surface area contributed by atoms with Gasteiger partial charge in [-0.05, 0) is 18.6 Å². The number of carbonyl (C=O) groups is 1. The highest BCUT2D eigenvalue weighted by molar-refractivity contribution is 7.91. The van der Waals surface area contributed by atoms with E-state index in [4.69, 9.17) is 20.0 Å². The minimum atomic E-state index is -3.49. The summed E-state index contributed by atoms with van der Waals surface area (Å²) in [5, 5.41) is 7.01. The highest BCUT2D eigenvalue weighted by Crippen LogP contribution is 2.24. The first-order valence-corrected chi connectivity index (χ1v) is 13.2. The van der Waals surface area contributed by atoms with E-state index in [-0.39, 0.29) is 33.4 Å². The van der Waals surface area contributed by atoms with Crippen LogP contribution in [0.1, 0.15) is 18.4 Å². The molecule has 1 aliphatic rings. The Morgan fingerprint density at radius 1 is 1.31 bits per heavy atom. The van der Waals surface area contributed by atoms with E-state index in [9.17, 15) is 13.2 Å². The molecule has 0 spiro atoms. The van der Waals surface area contributed by atoms with Crippen LogP contribution >= 0.6 is 11.3 Å². The van der Waals surface area contributed by atoms with E-state index >= 15 is 0 Å². The first-order chi connectivity index (χ1) is 16.9. The summed E-state index contributed by atoms with van der Waals surface area (Å²) in [5.41, 5.74) is 6.34. The van der Waals surface area contributed by atoms with Crippen molar-refractivity contribution in [3.8, 4) is 0 Å². The second-order valence-electron chi connectivity index (χ2n) is 7.62. The molecule has 0 unspecified atom stereocenters. The van der Waals surface area contributed by atoms with Crippen molar-refractivity contribution in [1.29, 1.82) is 0 Å². The summed E-state index contributed by atoms with van der Waals surface area (Å²) in [5.74, 6) is -0.395. The Bertz CT molecular complexity index is 1320. The predicted molar refractivity (Wildman–Crippen MR) is 130 cm³/mol. The van der Waals surface area contributed by atoms with E-state index < -0.39 is 15.7 Å². The number of carbonyl (C=O) groups excluding carboxylic acids is 1. The molecule has 0 saturated carbocycles. The summed E-state index contributed by atoms with van der Waals surface area (Å²) in [7, 11) is -1.97. The van der Waals surface area contributed by atoms with Crippen LogP contribution in [-0.2, 0) is 28.9 Å². The zero-order chi connectivity index (χ0) is 24.8. The van der Waals surface area contributed by atoms with Crippen LogP contribution in [0.3, 0.4) is 0 Å². The van der Waals surface area contributed by atoms with Gasteiger partial charge in [0, 0.05) is 25.7 Å². The average molecular weight is 521 g/mol. The number of methoxy groups -OCH3 is 1. The molecule has 2 aromatic heterocycles. The number of thiazole rings is 1. The minimum Gasteiger partial charge on any atom is -0.389 e. The molecule has 3 N–H and O–H groups in total. The topological polar surface area (TPSA) is 168 Å². The fourth-order valence-electron chi connectivity index (χ4n) is 3.22. The van der Waals surface area contributed by atoms with E-state index in [1.807, 2.05) is 0 Å². The van der Waals surface area contributed by atoms with Crippen LogP contribution in [0.2, 0.25) is 0 Å². The molecule has 4 rings (SSSR count). The Kier molecular flexibility index (Phi) is 7.85. The van der Waals surface area contributed by atoms with E-state index in [1.54, 1.807) is 0 Å². The Balaban J connectivity index is 1.57. The van der Waals surface area contributed by atoms with Crippen LogP contribution in [0.15, 0.2) is 40.5 Å². The lowest BCUT2D eigenvalue weighted by Crippen LogP contribution is -2.25. The number of oxime groups is 1. The molecule has 1 fully saturated rings. The number of fused-ring (bicyclic) bond motifs is 1. The standard InChI is InChI=1S/C21H24N6O6S2/c1-31-8-2-10-35(29,30)15-5-3-13(4-6-15)17(27-33-14-7-9-32-12-14)19(28)26-21-25-18-20(34-21)24-16(22)11-23-18/h3-6,11,14H,2,7-10,12H2,1H3,(H2,22,24)(H,23,25,26,28)/b27-17+/t14-/m1/s1. The van der Waals surface area contributed by atoms with E-state index in [0.29, 0.717) is 48.7 Å². The summed E-state index contributed by atoms with van der Waals surface area (Å²) in [6.07, 6.45) is 2.12. The number of nitrogen functional groups attached to an aromatic ring is 1. The van der Waals surface area contributed by atoms with Gasteiger partial charge in [-0.15, -0.1) is 0 Å². The maximum Gasteiger partial charge on any atom is 0.280 e. The van der Waals surface area contributed by atoms with Gasteiger partial charge in [0.05, 0.1) is 30.1 Å². The predicted octanol–water partition coefficient (Wildman–Crippen LogP) is 1.63. The molecule has 0 bridgehead atoms. The highest BCUT2D eigenvalue weighted by atomic mass is 32.2. The van der Waals surface area contributed by atoms with Crippen LogP contribution in [0.5, 0.6) is 0 Å². The maximum absolute atomic E-state index is 13.1. The molecule has 12 nitrogen and oxygen atoms in total. The van der Waals surface area contributed by atoms with Crippen LogP contribution < -0.4 is 11.1 Å². The van der Waals surface area contributed by atoms with Crippen LogP contribution in [0.25, 0.3) is 10.5 Å². The summed E-state index contributed by atoms with van der Waals surface area (Å²) in [4.78, 5) is 31.7. The number of sulfone groups is 1. The Labute approximate surface area is 205 Å². The molecule has 3 aromatic rings. The maximum atomic E-state index is 13.1. The van der Waals surface area contributed by atoms with Crippen LogP contribution in [0.4, 0.5) is 10.9 Å². The van der Waals surface area contributed by atoms with Gasteiger partial charge in [-0.3, -0.25) is 10.1 Å². The van der Waals surface area contributed by atoms with E-state index in [0.717, 1.165) is 11.3 Å². The van der Waals surface area contributed by atoms with Crippen molar-refractivity contribution >= 4 is 54.2 Å². The molecule has 1 saturated heterocycles. The number of nitrogens with one attached hydrogen (secondary N) is 1. The number of anilines is 2. The zero-order valence-electron chi connectivity index (χ0n) is 18.8. The van der Waals surface area contributed by atoms with Gasteiger partial charge in [0.25, 0.3) is 5.91 Å². The van der Waals surface area contributed by atoms with Crippen molar-refractivity contribution in [3.05, 3.63) is 36.0 Å². The van der Waals surface area contributed by atoms with Gasteiger partial charge < -0.3 is 20.0 Å². The van der Waals surface area contributed by atoms with Gasteiger partial charge in [-0.1, -0.05) is 28.6 Å². The fraction of sp³-hybridized carbons (Fsp3) is 0.381. The van der Waals surface area contributed by atoms with Gasteiger partial charge in [0.1, 0.15) is 5.82 Å². The van der Waals surface area contributed by atoms with Crippen LogP contribution in [-0.4, -0.2) is 73.8 Å². The van der Waals surface area contributed by atoms with Gasteiger partial charge in [0.2, 0.25) is 0 Å². The summed E-state index contributed by atoms with van der Waals surface area (Å²) < 4.78 is 35.3. The number of amides is 1.